The number of anilines is 1. The van der Waals surface area contributed by atoms with Crippen LogP contribution in [0.25, 0.3) is 0 Å². The summed E-state index contributed by atoms with van der Waals surface area (Å²) in [5.41, 5.74) is 1.71. The summed E-state index contributed by atoms with van der Waals surface area (Å²) in [6.45, 7) is 4.94. The summed E-state index contributed by atoms with van der Waals surface area (Å²) < 4.78 is 10.5. The number of piperidine rings is 1. The summed E-state index contributed by atoms with van der Waals surface area (Å²) in [7, 11) is 3.19. The maximum Gasteiger partial charge on any atom is 0.241 e. The lowest BCUT2D eigenvalue weighted by Crippen LogP contribution is -2.48. The number of benzene rings is 1. The molecule has 1 saturated heterocycles. The highest BCUT2D eigenvalue weighted by molar-refractivity contribution is 5.96. The summed E-state index contributed by atoms with van der Waals surface area (Å²) in [5.74, 6) is 1.64. The molecule has 0 radical (unpaired) electrons. The number of carbonyl (C=O) groups is 1. The Labute approximate surface area is 126 Å². The van der Waals surface area contributed by atoms with E-state index in [0.717, 1.165) is 30.6 Å². The number of aryl methyl sites for hydroxylation is 1. The molecule has 2 rings (SSSR count). The molecule has 0 bridgehead atoms. The molecule has 2 unspecified atom stereocenters. The number of hydrogen-bond donors (Lipinski definition) is 2. The van der Waals surface area contributed by atoms with Gasteiger partial charge in [-0.2, -0.15) is 0 Å². The standard InChI is InChI=1S/C16H24N2O3/c1-10-6-5-7-17-15(10)16(19)18-12-9-14(21-4)13(20-3)8-11(12)2/h8-10,15,17H,5-7H2,1-4H3,(H,18,19). The van der Waals surface area contributed by atoms with Crippen LogP contribution in [0.1, 0.15) is 25.3 Å². The molecule has 5 heteroatoms. The van der Waals surface area contributed by atoms with Gasteiger partial charge >= 0.3 is 0 Å². The molecule has 0 aliphatic carbocycles. The van der Waals surface area contributed by atoms with Crippen molar-refractivity contribution in [3.05, 3.63) is 17.7 Å². The molecule has 2 atom stereocenters. The van der Waals surface area contributed by atoms with E-state index in [0.29, 0.717) is 17.4 Å². The van der Waals surface area contributed by atoms with Gasteiger partial charge in [-0.3, -0.25) is 4.79 Å². The van der Waals surface area contributed by atoms with Crippen molar-refractivity contribution >= 4 is 11.6 Å². The number of amides is 1. The van der Waals surface area contributed by atoms with Gasteiger partial charge in [0.2, 0.25) is 5.91 Å². The summed E-state index contributed by atoms with van der Waals surface area (Å²) in [4.78, 5) is 12.4. The van der Waals surface area contributed by atoms with Gasteiger partial charge in [-0.05, 0) is 43.9 Å². The highest BCUT2D eigenvalue weighted by Crippen LogP contribution is 2.33. The SMILES string of the molecule is COc1cc(C)c(NC(=O)C2NCCCC2C)cc1OC. The zero-order chi connectivity index (χ0) is 15.4. The van der Waals surface area contributed by atoms with E-state index in [-0.39, 0.29) is 11.9 Å². The molecule has 0 spiro atoms. The Balaban J connectivity index is 2.16. The maximum absolute atomic E-state index is 12.4. The first-order valence-electron chi connectivity index (χ1n) is 7.33. The zero-order valence-electron chi connectivity index (χ0n) is 13.2. The van der Waals surface area contributed by atoms with E-state index in [1.54, 1.807) is 20.3 Å². The predicted octanol–water partition coefficient (Wildman–Crippen LogP) is 2.34. The van der Waals surface area contributed by atoms with Crippen LogP contribution < -0.4 is 20.1 Å². The number of hydrogen-bond acceptors (Lipinski definition) is 4. The van der Waals surface area contributed by atoms with Crippen LogP contribution in [0, 0.1) is 12.8 Å². The van der Waals surface area contributed by atoms with Crippen molar-refractivity contribution in [1.82, 2.24) is 5.32 Å². The molecule has 2 N–H and O–H groups in total. The van der Waals surface area contributed by atoms with Crippen LogP contribution >= 0.6 is 0 Å². The van der Waals surface area contributed by atoms with Gasteiger partial charge in [0.25, 0.3) is 0 Å². The first-order chi connectivity index (χ1) is 10.1. The van der Waals surface area contributed by atoms with Crippen LogP contribution in [0.15, 0.2) is 12.1 Å². The van der Waals surface area contributed by atoms with Crippen LogP contribution in [-0.4, -0.2) is 32.7 Å². The fraction of sp³-hybridized carbons (Fsp3) is 0.562. The highest BCUT2D eigenvalue weighted by Gasteiger charge is 2.27. The number of methoxy groups -OCH3 is 2. The number of carbonyl (C=O) groups excluding carboxylic acids is 1. The van der Waals surface area contributed by atoms with Crippen molar-refractivity contribution in [3.8, 4) is 11.5 Å². The minimum absolute atomic E-state index is 0.0116. The molecule has 21 heavy (non-hydrogen) atoms. The Bertz CT molecular complexity index is 516. The second-order valence-electron chi connectivity index (χ2n) is 5.56. The third-order valence-electron chi connectivity index (χ3n) is 4.04. The van der Waals surface area contributed by atoms with Gasteiger partial charge in [-0.1, -0.05) is 6.92 Å². The molecule has 1 aromatic rings. The Morgan fingerprint density at radius 1 is 1.29 bits per heavy atom. The third kappa shape index (κ3) is 3.47. The smallest absolute Gasteiger partial charge is 0.241 e. The molecule has 1 aliphatic heterocycles. The molecule has 1 fully saturated rings. The van der Waals surface area contributed by atoms with Crippen molar-refractivity contribution in [2.45, 2.75) is 32.7 Å². The summed E-state index contributed by atoms with van der Waals surface area (Å²) in [6.07, 6.45) is 2.20. The quantitative estimate of drug-likeness (QED) is 0.894. The van der Waals surface area contributed by atoms with Crippen molar-refractivity contribution in [1.29, 1.82) is 0 Å². The Morgan fingerprint density at radius 3 is 2.57 bits per heavy atom. The van der Waals surface area contributed by atoms with E-state index in [4.69, 9.17) is 9.47 Å². The summed E-state index contributed by atoms with van der Waals surface area (Å²) in [5, 5.41) is 6.29. The monoisotopic (exact) mass is 292 g/mol. The van der Waals surface area contributed by atoms with Gasteiger partial charge in [-0.25, -0.2) is 0 Å². The highest BCUT2D eigenvalue weighted by atomic mass is 16.5. The largest absolute Gasteiger partial charge is 0.493 e. The Hall–Kier alpha value is -1.75. The number of ether oxygens (including phenoxy) is 2. The first kappa shape index (κ1) is 15.6. The number of nitrogens with one attached hydrogen (secondary N) is 2. The lowest BCUT2D eigenvalue weighted by Gasteiger charge is -2.29. The Kier molecular flexibility index (Phi) is 5.07. The summed E-state index contributed by atoms with van der Waals surface area (Å²) in [6, 6.07) is 3.54. The van der Waals surface area contributed by atoms with Gasteiger partial charge in [0.1, 0.15) is 0 Å². The fourth-order valence-corrected chi connectivity index (χ4v) is 2.73. The molecule has 0 aromatic heterocycles. The minimum atomic E-state index is -0.133. The van der Waals surface area contributed by atoms with Gasteiger partial charge in [-0.15, -0.1) is 0 Å². The lowest BCUT2D eigenvalue weighted by atomic mass is 9.92. The topological polar surface area (TPSA) is 59.6 Å². The van der Waals surface area contributed by atoms with E-state index in [2.05, 4.69) is 17.6 Å². The van der Waals surface area contributed by atoms with Crippen LogP contribution in [0.4, 0.5) is 5.69 Å². The molecular formula is C16H24N2O3. The third-order valence-corrected chi connectivity index (χ3v) is 4.04. The van der Waals surface area contributed by atoms with Crippen molar-refractivity contribution < 1.29 is 14.3 Å². The van der Waals surface area contributed by atoms with E-state index in [1.807, 2.05) is 13.0 Å². The van der Waals surface area contributed by atoms with Crippen LogP contribution in [0.2, 0.25) is 0 Å². The zero-order valence-corrected chi connectivity index (χ0v) is 13.2. The van der Waals surface area contributed by atoms with Crippen molar-refractivity contribution in [2.24, 2.45) is 5.92 Å². The molecule has 1 amide bonds. The second kappa shape index (κ2) is 6.80. The molecule has 1 heterocycles. The maximum atomic E-state index is 12.4. The van der Waals surface area contributed by atoms with Gasteiger partial charge in [0.15, 0.2) is 11.5 Å². The predicted molar refractivity (Wildman–Crippen MR) is 83.1 cm³/mol. The summed E-state index contributed by atoms with van der Waals surface area (Å²) >= 11 is 0. The minimum Gasteiger partial charge on any atom is -0.493 e. The molecule has 0 saturated carbocycles. The van der Waals surface area contributed by atoms with Gasteiger partial charge in [0.05, 0.1) is 20.3 Å². The molecule has 1 aromatic carbocycles. The van der Waals surface area contributed by atoms with Crippen molar-refractivity contribution in [2.75, 3.05) is 26.1 Å². The second-order valence-corrected chi connectivity index (χ2v) is 5.56. The Morgan fingerprint density at radius 2 is 1.95 bits per heavy atom. The molecule has 1 aliphatic rings. The fourth-order valence-electron chi connectivity index (χ4n) is 2.73. The van der Waals surface area contributed by atoms with Gasteiger partial charge in [0, 0.05) is 11.8 Å². The number of rotatable bonds is 4. The average Bonchev–Trinajstić information content (AvgIpc) is 2.49. The molecule has 5 nitrogen and oxygen atoms in total. The van der Waals surface area contributed by atoms with Crippen LogP contribution in [0.5, 0.6) is 11.5 Å². The first-order valence-corrected chi connectivity index (χ1v) is 7.33. The van der Waals surface area contributed by atoms with E-state index in [9.17, 15) is 4.79 Å². The van der Waals surface area contributed by atoms with Gasteiger partial charge < -0.3 is 20.1 Å². The molecular weight excluding hydrogens is 268 g/mol. The van der Waals surface area contributed by atoms with E-state index < -0.39 is 0 Å². The normalized spacial score (nSPS) is 21.7. The average molecular weight is 292 g/mol. The van der Waals surface area contributed by atoms with Crippen molar-refractivity contribution in [3.63, 3.8) is 0 Å². The van der Waals surface area contributed by atoms with E-state index >= 15 is 0 Å². The van der Waals surface area contributed by atoms with Crippen LogP contribution in [-0.2, 0) is 4.79 Å². The van der Waals surface area contributed by atoms with E-state index in [1.165, 1.54) is 0 Å². The lowest BCUT2D eigenvalue weighted by molar-refractivity contribution is -0.119. The van der Waals surface area contributed by atoms with Crippen LogP contribution in [0.3, 0.4) is 0 Å². The molecule has 116 valence electrons.